The van der Waals surface area contributed by atoms with Crippen molar-refractivity contribution in [2.24, 2.45) is 0 Å². The van der Waals surface area contributed by atoms with E-state index in [4.69, 9.17) is 9.52 Å². The average molecular weight is 278 g/mol. The molecule has 3 heterocycles. The molecule has 1 N–H and O–H groups in total. The van der Waals surface area contributed by atoms with Crippen LogP contribution in [-0.4, -0.2) is 58.4 Å². The van der Waals surface area contributed by atoms with Crippen LogP contribution in [0.2, 0.25) is 0 Å². The van der Waals surface area contributed by atoms with Crippen LogP contribution in [0.3, 0.4) is 0 Å². The highest BCUT2D eigenvalue weighted by Gasteiger charge is 2.37. The molecule has 7 nitrogen and oxygen atoms in total. The SMILES string of the molecule is O=C(O)c1ccc(C(=O)N2CCN3C(=O)CCC3C2)o1. The van der Waals surface area contributed by atoms with E-state index in [2.05, 4.69) is 0 Å². The van der Waals surface area contributed by atoms with Crippen molar-refractivity contribution in [2.75, 3.05) is 19.6 Å². The van der Waals surface area contributed by atoms with Crippen molar-refractivity contribution in [3.63, 3.8) is 0 Å². The fraction of sp³-hybridized carbons (Fsp3) is 0.462. The first-order valence-electron chi connectivity index (χ1n) is 6.48. The van der Waals surface area contributed by atoms with E-state index in [0.29, 0.717) is 26.1 Å². The summed E-state index contributed by atoms with van der Waals surface area (Å²) in [7, 11) is 0. The Labute approximate surface area is 114 Å². The maximum atomic E-state index is 12.2. The highest BCUT2D eigenvalue weighted by Crippen LogP contribution is 2.24. The lowest BCUT2D eigenvalue weighted by Crippen LogP contribution is -2.53. The first-order chi connectivity index (χ1) is 9.56. The van der Waals surface area contributed by atoms with Crippen LogP contribution in [0.15, 0.2) is 16.5 Å². The van der Waals surface area contributed by atoms with E-state index < -0.39 is 5.97 Å². The van der Waals surface area contributed by atoms with Gasteiger partial charge in [0.1, 0.15) is 0 Å². The number of furan rings is 1. The number of hydrogen-bond acceptors (Lipinski definition) is 4. The monoisotopic (exact) mass is 278 g/mol. The number of carboxylic acids is 1. The Balaban J connectivity index is 1.71. The number of piperazine rings is 1. The number of carbonyl (C=O) groups is 3. The molecule has 3 rings (SSSR count). The topological polar surface area (TPSA) is 91.1 Å². The highest BCUT2D eigenvalue weighted by atomic mass is 16.4. The highest BCUT2D eigenvalue weighted by molar-refractivity contribution is 5.93. The van der Waals surface area contributed by atoms with Crippen LogP contribution in [0, 0.1) is 0 Å². The van der Waals surface area contributed by atoms with Gasteiger partial charge < -0.3 is 19.3 Å². The van der Waals surface area contributed by atoms with Crippen LogP contribution in [0.1, 0.15) is 34.0 Å². The summed E-state index contributed by atoms with van der Waals surface area (Å²) in [6.45, 7) is 1.46. The van der Waals surface area contributed by atoms with Gasteiger partial charge in [0.05, 0.1) is 0 Å². The normalized spacial score (nSPS) is 22.0. The molecule has 2 saturated heterocycles. The first kappa shape index (κ1) is 12.7. The van der Waals surface area contributed by atoms with Gasteiger partial charge in [-0.15, -0.1) is 0 Å². The van der Waals surface area contributed by atoms with E-state index in [9.17, 15) is 14.4 Å². The zero-order chi connectivity index (χ0) is 14.3. The molecule has 1 aromatic rings. The molecule has 2 aliphatic rings. The van der Waals surface area contributed by atoms with Gasteiger partial charge in [-0.3, -0.25) is 9.59 Å². The molecule has 1 atom stereocenters. The van der Waals surface area contributed by atoms with Gasteiger partial charge in [0, 0.05) is 32.1 Å². The molecule has 20 heavy (non-hydrogen) atoms. The van der Waals surface area contributed by atoms with Gasteiger partial charge in [0.2, 0.25) is 11.7 Å². The summed E-state index contributed by atoms with van der Waals surface area (Å²) in [5.41, 5.74) is 0. The summed E-state index contributed by atoms with van der Waals surface area (Å²) in [5, 5.41) is 8.78. The quantitative estimate of drug-likeness (QED) is 0.846. The number of hydrogen-bond donors (Lipinski definition) is 1. The number of rotatable bonds is 2. The summed E-state index contributed by atoms with van der Waals surface area (Å²) in [4.78, 5) is 38.0. The Kier molecular flexibility index (Phi) is 2.96. The lowest BCUT2D eigenvalue weighted by molar-refractivity contribution is -0.130. The Hall–Kier alpha value is -2.31. The Morgan fingerprint density at radius 1 is 1.25 bits per heavy atom. The predicted octanol–water partition coefficient (Wildman–Crippen LogP) is 0.425. The van der Waals surface area contributed by atoms with Crippen LogP contribution in [-0.2, 0) is 4.79 Å². The first-order valence-corrected chi connectivity index (χ1v) is 6.48. The summed E-state index contributed by atoms with van der Waals surface area (Å²) < 4.78 is 5.02. The molecule has 1 aromatic heterocycles. The van der Waals surface area contributed by atoms with Gasteiger partial charge in [-0.25, -0.2) is 4.79 Å². The van der Waals surface area contributed by atoms with Crippen molar-refractivity contribution >= 4 is 17.8 Å². The lowest BCUT2D eigenvalue weighted by Gasteiger charge is -2.37. The fourth-order valence-electron chi connectivity index (χ4n) is 2.77. The molecule has 2 fully saturated rings. The number of fused-ring (bicyclic) bond motifs is 1. The average Bonchev–Trinajstić information content (AvgIpc) is 3.05. The summed E-state index contributed by atoms with van der Waals surface area (Å²) >= 11 is 0. The van der Waals surface area contributed by atoms with E-state index in [-0.39, 0.29) is 29.4 Å². The van der Waals surface area contributed by atoms with Gasteiger partial charge in [-0.05, 0) is 18.6 Å². The zero-order valence-electron chi connectivity index (χ0n) is 10.7. The second kappa shape index (κ2) is 4.66. The molecule has 2 amide bonds. The maximum Gasteiger partial charge on any atom is 0.371 e. The predicted molar refractivity (Wildman–Crippen MR) is 66.3 cm³/mol. The third-order valence-electron chi connectivity index (χ3n) is 3.81. The van der Waals surface area contributed by atoms with E-state index in [1.54, 1.807) is 4.90 Å². The minimum atomic E-state index is -1.20. The second-order valence-corrected chi connectivity index (χ2v) is 5.00. The van der Waals surface area contributed by atoms with E-state index in [0.717, 1.165) is 6.42 Å². The number of carboxylic acid groups (broad SMARTS) is 1. The van der Waals surface area contributed by atoms with Crippen molar-refractivity contribution in [1.29, 1.82) is 0 Å². The summed E-state index contributed by atoms with van der Waals surface area (Å²) in [5.74, 6) is -1.59. The Morgan fingerprint density at radius 2 is 2.00 bits per heavy atom. The molecule has 0 bridgehead atoms. The molecular weight excluding hydrogens is 264 g/mol. The summed E-state index contributed by atoms with van der Waals surface area (Å²) in [6, 6.07) is 2.72. The fourth-order valence-corrected chi connectivity index (χ4v) is 2.77. The molecule has 0 aliphatic carbocycles. The minimum Gasteiger partial charge on any atom is -0.475 e. The molecule has 0 saturated carbocycles. The second-order valence-electron chi connectivity index (χ2n) is 5.00. The van der Waals surface area contributed by atoms with Gasteiger partial charge in [-0.2, -0.15) is 0 Å². The van der Waals surface area contributed by atoms with Gasteiger partial charge >= 0.3 is 5.97 Å². The molecule has 2 aliphatic heterocycles. The van der Waals surface area contributed by atoms with E-state index >= 15 is 0 Å². The third-order valence-corrected chi connectivity index (χ3v) is 3.81. The number of amides is 2. The molecule has 0 radical (unpaired) electrons. The lowest BCUT2D eigenvalue weighted by atomic mass is 10.1. The van der Waals surface area contributed by atoms with Crippen LogP contribution in [0.25, 0.3) is 0 Å². The zero-order valence-corrected chi connectivity index (χ0v) is 10.7. The van der Waals surface area contributed by atoms with Crippen LogP contribution < -0.4 is 0 Å². The molecule has 106 valence electrons. The molecule has 7 heteroatoms. The van der Waals surface area contributed by atoms with Crippen LogP contribution in [0.4, 0.5) is 0 Å². The van der Waals surface area contributed by atoms with Crippen LogP contribution >= 0.6 is 0 Å². The number of carbonyl (C=O) groups excluding carboxylic acids is 2. The molecule has 1 unspecified atom stereocenters. The largest absolute Gasteiger partial charge is 0.475 e. The van der Waals surface area contributed by atoms with Crippen molar-refractivity contribution in [3.05, 3.63) is 23.7 Å². The van der Waals surface area contributed by atoms with Crippen molar-refractivity contribution in [2.45, 2.75) is 18.9 Å². The molecular formula is C13H14N2O5. The molecule has 0 spiro atoms. The third kappa shape index (κ3) is 2.04. The van der Waals surface area contributed by atoms with Gasteiger partial charge in [0.25, 0.3) is 5.91 Å². The maximum absolute atomic E-state index is 12.2. The minimum absolute atomic E-state index is 0.0279. The number of nitrogens with zero attached hydrogens (tertiary/aromatic N) is 2. The summed E-state index contributed by atoms with van der Waals surface area (Å²) in [6.07, 6.45) is 1.30. The van der Waals surface area contributed by atoms with Crippen molar-refractivity contribution in [3.8, 4) is 0 Å². The van der Waals surface area contributed by atoms with Crippen molar-refractivity contribution in [1.82, 2.24) is 9.80 Å². The van der Waals surface area contributed by atoms with E-state index in [1.165, 1.54) is 12.1 Å². The smallest absolute Gasteiger partial charge is 0.371 e. The van der Waals surface area contributed by atoms with Gasteiger partial charge in [0.15, 0.2) is 5.76 Å². The number of aromatic carboxylic acids is 1. The standard InChI is InChI=1S/C13H14N2O5/c16-11-4-1-8-7-14(5-6-15(8)11)12(17)9-2-3-10(20-9)13(18)19/h2-3,8H,1,4-7H2,(H,18,19). The Morgan fingerprint density at radius 3 is 2.70 bits per heavy atom. The molecule has 0 aromatic carbocycles. The van der Waals surface area contributed by atoms with Gasteiger partial charge in [-0.1, -0.05) is 0 Å². The Bertz CT molecular complexity index is 579. The van der Waals surface area contributed by atoms with Crippen LogP contribution in [0.5, 0.6) is 0 Å². The van der Waals surface area contributed by atoms with E-state index in [1.807, 2.05) is 4.90 Å². The van der Waals surface area contributed by atoms with Crippen molar-refractivity contribution < 1.29 is 23.9 Å².